The van der Waals surface area contributed by atoms with Gasteiger partial charge in [-0.2, -0.15) is 0 Å². The first-order valence-electron chi connectivity index (χ1n) is 12.4. The van der Waals surface area contributed by atoms with Crippen LogP contribution in [0.25, 0.3) is 0 Å². The van der Waals surface area contributed by atoms with Gasteiger partial charge in [-0.1, -0.05) is 30.3 Å². The average Bonchev–Trinajstić information content (AvgIpc) is 2.94. The summed E-state index contributed by atoms with van der Waals surface area (Å²) in [6.45, 7) is 2.75. The summed E-state index contributed by atoms with van der Waals surface area (Å²) in [5.74, 6) is -0.0868. The van der Waals surface area contributed by atoms with E-state index in [0.29, 0.717) is 30.9 Å². The van der Waals surface area contributed by atoms with E-state index in [-0.39, 0.29) is 24.1 Å². The van der Waals surface area contributed by atoms with E-state index in [1.807, 2.05) is 35.2 Å². The Balaban J connectivity index is 1.42. The van der Waals surface area contributed by atoms with E-state index in [1.165, 1.54) is 12.1 Å². The van der Waals surface area contributed by atoms with E-state index < -0.39 is 12.0 Å². The second kappa shape index (κ2) is 10.4. The molecule has 6 nitrogen and oxygen atoms in total. The predicted octanol–water partition coefficient (Wildman–Crippen LogP) is 4.67. The minimum Gasteiger partial charge on any atom is -0.497 e. The van der Waals surface area contributed by atoms with Crippen molar-refractivity contribution in [3.8, 4) is 5.75 Å². The van der Waals surface area contributed by atoms with E-state index in [9.17, 15) is 14.0 Å². The van der Waals surface area contributed by atoms with Crippen LogP contribution in [-0.2, 0) is 9.59 Å². The molecule has 2 saturated heterocycles. The Morgan fingerprint density at radius 2 is 1.53 bits per heavy atom. The summed E-state index contributed by atoms with van der Waals surface area (Å²) in [6, 6.07) is 23.1. The molecular weight excluding hydrogens is 457 g/mol. The topological polar surface area (TPSA) is 53.1 Å². The van der Waals surface area contributed by atoms with Crippen LogP contribution in [0.5, 0.6) is 5.75 Å². The maximum atomic E-state index is 13.9. The molecule has 0 aromatic heterocycles. The second-order valence-electron chi connectivity index (χ2n) is 9.25. The zero-order chi connectivity index (χ0) is 25.1. The molecule has 0 aliphatic carbocycles. The quantitative estimate of drug-likeness (QED) is 0.525. The number of piperidine rings is 1. The summed E-state index contributed by atoms with van der Waals surface area (Å²) in [6.07, 6.45) is 0.745. The molecule has 0 radical (unpaired) electrons. The zero-order valence-corrected chi connectivity index (χ0v) is 20.3. The minimum absolute atomic E-state index is 0.0445. The molecule has 3 aromatic rings. The summed E-state index contributed by atoms with van der Waals surface area (Å²) in [5, 5.41) is 0. The molecule has 0 N–H and O–H groups in total. The molecule has 0 unspecified atom stereocenters. The van der Waals surface area contributed by atoms with Gasteiger partial charge in [0.25, 0.3) is 0 Å². The van der Waals surface area contributed by atoms with Crippen molar-refractivity contribution in [3.63, 3.8) is 0 Å². The number of hydrogen-bond donors (Lipinski definition) is 0. The maximum Gasteiger partial charge on any atom is 0.228 e. The first-order valence-corrected chi connectivity index (χ1v) is 12.4. The minimum atomic E-state index is -0.514. The Morgan fingerprint density at radius 3 is 2.17 bits per heavy atom. The number of para-hydroxylation sites is 1. The van der Waals surface area contributed by atoms with Crippen LogP contribution in [0.4, 0.5) is 15.8 Å². The van der Waals surface area contributed by atoms with Gasteiger partial charge in [-0.05, 0) is 60.5 Å². The van der Waals surface area contributed by atoms with Crippen LogP contribution in [-0.4, -0.2) is 50.0 Å². The number of ether oxygens (including phenoxy) is 1. The number of hydrogen-bond acceptors (Lipinski definition) is 4. The largest absolute Gasteiger partial charge is 0.497 e. The molecule has 0 spiro atoms. The number of methoxy groups -OCH3 is 1. The van der Waals surface area contributed by atoms with Crippen molar-refractivity contribution in [1.29, 1.82) is 0 Å². The van der Waals surface area contributed by atoms with E-state index in [0.717, 1.165) is 24.3 Å². The number of amides is 2. The summed E-state index contributed by atoms with van der Waals surface area (Å²) >= 11 is 0. The van der Waals surface area contributed by atoms with E-state index in [1.54, 1.807) is 36.3 Å². The van der Waals surface area contributed by atoms with Crippen LogP contribution in [0.2, 0.25) is 0 Å². The highest BCUT2D eigenvalue weighted by atomic mass is 19.1. The van der Waals surface area contributed by atoms with E-state index >= 15 is 0 Å². The molecule has 0 bridgehead atoms. The Labute approximate surface area is 210 Å². The Bertz CT molecular complexity index is 1190. The first-order chi connectivity index (χ1) is 17.5. The summed E-state index contributed by atoms with van der Waals surface area (Å²) < 4.78 is 19.1. The lowest BCUT2D eigenvalue weighted by Crippen LogP contribution is -2.54. The number of benzene rings is 3. The molecule has 2 aliphatic heterocycles. The van der Waals surface area contributed by atoms with Crippen LogP contribution in [0.3, 0.4) is 0 Å². The van der Waals surface area contributed by atoms with Crippen LogP contribution >= 0.6 is 0 Å². The van der Waals surface area contributed by atoms with Gasteiger partial charge in [-0.15, -0.1) is 0 Å². The number of piperazine rings is 1. The number of nitrogens with zero attached hydrogens (tertiary/aromatic N) is 3. The zero-order valence-electron chi connectivity index (χ0n) is 20.3. The van der Waals surface area contributed by atoms with Gasteiger partial charge in [0.05, 0.1) is 19.1 Å². The van der Waals surface area contributed by atoms with Crippen molar-refractivity contribution in [2.75, 3.05) is 43.1 Å². The van der Waals surface area contributed by atoms with Crippen molar-refractivity contribution < 1.29 is 18.7 Å². The fourth-order valence-corrected chi connectivity index (χ4v) is 5.30. The van der Waals surface area contributed by atoms with Gasteiger partial charge in [-0.3, -0.25) is 9.59 Å². The normalized spacial score (nSPS) is 20.4. The number of carbonyl (C=O) groups is 2. The molecule has 2 heterocycles. The predicted molar refractivity (Wildman–Crippen MR) is 138 cm³/mol. The smallest absolute Gasteiger partial charge is 0.228 e. The number of rotatable bonds is 5. The molecular formula is C29H30FN3O3. The van der Waals surface area contributed by atoms with Crippen LogP contribution in [0.15, 0.2) is 78.9 Å². The van der Waals surface area contributed by atoms with Gasteiger partial charge >= 0.3 is 0 Å². The third-order valence-electron chi connectivity index (χ3n) is 7.19. The van der Waals surface area contributed by atoms with Gasteiger partial charge in [0, 0.05) is 44.0 Å². The van der Waals surface area contributed by atoms with Crippen LogP contribution in [0.1, 0.15) is 24.4 Å². The van der Waals surface area contributed by atoms with Gasteiger partial charge in [0.2, 0.25) is 11.8 Å². The Morgan fingerprint density at radius 1 is 0.861 bits per heavy atom. The van der Waals surface area contributed by atoms with Gasteiger partial charge in [-0.25, -0.2) is 4.39 Å². The van der Waals surface area contributed by atoms with Crippen LogP contribution < -0.4 is 14.5 Å². The maximum absolute atomic E-state index is 13.9. The number of halogens is 1. The molecule has 2 amide bonds. The first kappa shape index (κ1) is 23.9. The number of carbonyl (C=O) groups excluding carboxylic acids is 2. The Hall–Kier alpha value is -3.87. The average molecular weight is 488 g/mol. The van der Waals surface area contributed by atoms with Crippen molar-refractivity contribution in [2.45, 2.75) is 18.9 Å². The summed E-state index contributed by atoms with van der Waals surface area (Å²) in [5.41, 5.74) is 2.60. The lowest BCUT2D eigenvalue weighted by atomic mass is 9.82. The fraction of sp³-hybridized carbons (Fsp3) is 0.310. The van der Waals surface area contributed by atoms with Crippen LogP contribution in [0, 0.1) is 11.7 Å². The molecule has 2 atom stereocenters. The molecule has 5 rings (SSSR count). The highest BCUT2D eigenvalue weighted by Crippen LogP contribution is 2.41. The van der Waals surface area contributed by atoms with Gasteiger partial charge in [0.15, 0.2) is 0 Å². The third-order valence-corrected chi connectivity index (χ3v) is 7.19. The van der Waals surface area contributed by atoms with Crippen molar-refractivity contribution in [2.24, 2.45) is 5.92 Å². The van der Waals surface area contributed by atoms with Crippen molar-refractivity contribution in [1.82, 2.24) is 4.90 Å². The second-order valence-corrected chi connectivity index (χ2v) is 9.25. The van der Waals surface area contributed by atoms with Crippen molar-refractivity contribution >= 4 is 23.2 Å². The lowest BCUT2D eigenvalue weighted by Gasteiger charge is -2.44. The summed E-state index contributed by atoms with van der Waals surface area (Å²) in [4.78, 5) is 33.1. The van der Waals surface area contributed by atoms with E-state index in [4.69, 9.17) is 4.74 Å². The number of anilines is 2. The molecule has 7 heteroatoms. The molecule has 36 heavy (non-hydrogen) atoms. The van der Waals surface area contributed by atoms with E-state index in [2.05, 4.69) is 17.0 Å². The standard InChI is InChI=1S/C29H30FN3O3/c1-36-25-13-11-24(12-14-25)33-27(34)16-15-26(28(33)21-7-9-22(30)10-8-21)29(35)32-19-17-31(18-20-32)23-5-3-2-4-6-23/h2-14,26,28H,15-20H2,1H3/t26-,28+/m0/s1. The molecule has 2 aliphatic rings. The molecule has 3 aromatic carbocycles. The lowest BCUT2D eigenvalue weighted by molar-refractivity contribution is -0.138. The fourth-order valence-electron chi connectivity index (χ4n) is 5.30. The SMILES string of the molecule is COc1ccc(N2C(=O)CC[C@H](C(=O)N3CCN(c4ccccc4)CC3)[C@H]2c2ccc(F)cc2)cc1. The molecule has 186 valence electrons. The molecule has 0 saturated carbocycles. The highest BCUT2D eigenvalue weighted by Gasteiger charge is 2.43. The monoisotopic (exact) mass is 487 g/mol. The summed E-state index contributed by atoms with van der Waals surface area (Å²) in [7, 11) is 1.59. The van der Waals surface area contributed by atoms with Gasteiger partial charge < -0.3 is 19.4 Å². The van der Waals surface area contributed by atoms with Crippen molar-refractivity contribution in [3.05, 3.63) is 90.2 Å². The van der Waals surface area contributed by atoms with Gasteiger partial charge in [0.1, 0.15) is 11.6 Å². The highest BCUT2D eigenvalue weighted by molar-refractivity contribution is 5.97. The Kier molecular flexibility index (Phi) is 6.89. The third kappa shape index (κ3) is 4.78. The molecule has 2 fully saturated rings.